The number of imide groups is 1. The smallest absolute Gasteiger partial charge is 0.410 e. The number of Topliss-reactive ketones (excluding diaryl/α,β-unsaturated/α-hetero) is 2. The topological polar surface area (TPSA) is 314 Å². The second kappa shape index (κ2) is 38.5. The van der Waals surface area contributed by atoms with Crippen LogP contribution in [-0.2, 0) is 73.6 Å². The van der Waals surface area contributed by atoms with Gasteiger partial charge in [0.15, 0.2) is 11.6 Å². The summed E-state index contributed by atoms with van der Waals surface area (Å²) in [4.78, 5) is 168. The number of hydrogen-bond acceptors (Lipinski definition) is 16. The molecule has 24 nitrogen and oxygen atoms in total. The molecule has 1 saturated heterocycles. The molecule has 0 unspecified atom stereocenters. The van der Waals surface area contributed by atoms with Gasteiger partial charge in [-0.15, -0.1) is 0 Å². The van der Waals surface area contributed by atoms with Crippen molar-refractivity contribution in [3.05, 3.63) is 77.9 Å². The van der Waals surface area contributed by atoms with Crippen molar-refractivity contribution in [2.45, 2.75) is 229 Å². The Morgan fingerprint density at radius 3 is 1.91 bits per heavy atom. The number of aliphatic hydroxyl groups excluding tert-OH is 1. The van der Waals surface area contributed by atoms with Crippen molar-refractivity contribution in [1.29, 1.82) is 0 Å². The lowest BCUT2D eigenvalue weighted by Gasteiger charge is -2.41. The Morgan fingerprint density at radius 2 is 1.35 bits per heavy atom. The molecule has 24 heteroatoms. The van der Waals surface area contributed by atoms with Crippen molar-refractivity contribution >= 4 is 76.6 Å². The maximum Gasteiger partial charge on any atom is 0.410 e. The van der Waals surface area contributed by atoms with Gasteiger partial charge in [0.2, 0.25) is 35.4 Å². The van der Waals surface area contributed by atoms with E-state index in [1.54, 1.807) is 77.8 Å². The molecular weight excluding hydrogens is 1260 g/mol. The number of likely N-dealkylation sites (N-methyl/N-ethyl adjacent to an activating group) is 2. The zero-order valence-corrected chi connectivity index (χ0v) is 61.1. The number of amides is 9. The Bertz CT molecular complexity index is 3070. The van der Waals surface area contributed by atoms with E-state index in [0.29, 0.717) is 36.2 Å². The molecule has 1 fully saturated rings. The van der Waals surface area contributed by atoms with Gasteiger partial charge >= 0.3 is 12.1 Å². The van der Waals surface area contributed by atoms with Gasteiger partial charge < -0.3 is 55.3 Å². The molecule has 0 saturated carbocycles. The Labute approximate surface area is 580 Å². The molecule has 13 atom stereocenters. The van der Waals surface area contributed by atoms with Crippen LogP contribution in [0.5, 0.6) is 0 Å². The van der Waals surface area contributed by atoms with E-state index in [4.69, 9.17) is 14.2 Å². The lowest BCUT2D eigenvalue weighted by molar-refractivity contribution is -0.155. The average molecular weight is 1370 g/mol. The Hall–Kier alpha value is -7.86. The summed E-state index contributed by atoms with van der Waals surface area (Å²) in [5.41, 5.74) is 0.716. The van der Waals surface area contributed by atoms with Gasteiger partial charge in [0, 0.05) is 102 Å². The number of carbonyl (C=O) groups excluding carboxylic acids is 12. The second-order valence-electron chi connectivity index (χ2n) is 28.8. The first-order chi connectivity index (χ1) is 45.9. The van der Waals surface area contributed by atoms with E-state index in [1.165, 1.54) is 26.0 Å². The van der Waals surface area contributed by atoms with Crippen molar-refractivity contribution < 1.29 is 76.9 Å². The van der Waals surface area contributed by atoms with Crippen LogP contribution < -0.4 is 21.3 Å². The molecule has 0 aliphatic carbocycles. The first-order valence-electron chi connectivity index (χ1n) is 34.7. The van der Waals surface area contributed by atoms with Crippen molar-refractivity contribution in [1.82, 2.24) is 35.6 Å². The molecule has 4 rings (SSSR count). The van der Waals surface area contributed by atoms with Crippen LogP contribution in [0.4, 0.5) is 10.5 Å². The molecule has 2 aliphatic rings. The van der Waals surface area contributed by atoms with E-state index >= 15 is 0 Å². The van der Waals surface area contributed by atoms with Gasteiger partial charge in [-0.2, -0.15) is 0 Å². The van der Waals surface area contributed by atoms with Crippen LogP contribution >= 0.6 is 0 Å². The number of aliphatic hydroxyl groups is 1. The lowest BCUT2D eigenvalue weighted by Crippen LogP contribution is -2.54. The van der Waals surface area contributed by atoms with E-state index in [1.807, 2.05) is 90.6 Å². The normalized spacial score (nSPS) is 17.7. The van der Waals surface area contributed by atoms with Gasteiger partial charge in [-0.25, -0.2) is 4.79 Å². The number of esters is 1. The van der Waals surface area contributed by atoms with Gasteiger partial charge in [0.1, 0.15) is 18.2 Å². The number of ether oxygens (including phenoxy) is 3. The minimum atomic E-state index is -1.13. The number of methoxy groups -OCH3 is 1. The van der Waals surface area contributed by atoms with Crippen LogP contribution in [0.25, 0.3) is 0 Å². The Balaban J connectivity index is 1.40. The van der Waals surface area contributed by atoms with Crippen molar-refractivity contribution in [2.24, 2.45) is 47.3 Å². The third kappa shape index (κ3) is 24.5. The molecule has 0 spiro atoms. The molecule has 2 heterocycles. The molecule has 0 aromatic heterocycles. The zero-order chi connectivity index (χ0) is 73.6. The molecule has 0 radical (unpaired) electrons. The largest absolute Gasteiger partial charge is 0.460 e. The van der Waals surface area contributed by atoms with Crippen LogP contribution in [0.15, 0.2) is 66.7 Å². The molecule has 2 aromatic carbocycles. The maximum atomic E-state index is 14.9. The molecule has 2 aliphatic heterocycles. The monoisotopic (exact) mass is 1370 g/mol. The first-order valence-corrected chi connectivity index (χ1v) is 34.7. The fraction of sp³-hybridized carbons (Fsp3) is 0.649. The van der Waals surface area contributed by atoms with Gasteiger partial charge in [0.05, 0.1) is 42.8 Å². The SMILES string of the molecule is CC[C@H](C)[C@@H]([C@@H](CC(=O)N1CCC[C@H]1[C@H](C)[C@@H](C)C(=O)N[C@H](C)[C@@H](O)c1ccccc1)OC)N(C)C(=O)[C@@H](CC(=O)[C@H](C(C)C)N(C)C(=O)OCc1ccc(NC(=O)[C@H](CCC(=O)OC(C)(C)C)CC(=O)[C@H](C)NC(=O)[C@@H](CC(C)C)NC(=O)CCN2C(=O)C=CC2=O)cc1)C(C)C. The van der Waals surface area contributed by atoms with Crippen molar-refractivity contribution in [3.63, 3.8) is 0 Å². The van der Waals surface area contributed by atoms with Crippen LogP contribution in [-0.4, -0.2) is 178 Å². The fourth-order valence-electron chi connectivity index (χ4n) is 12.8. The summed E-state index contributed by atoms with van der Waals surface area (Å²) in [6, 6.07) is 11.0. The van der Waals surface area contributed by atoms with Crippen molar-refractivity contribution in [2.75, 3.05) is 39.6 Å². The van der Waals surface area contributed by atoms with Gasteiger partial charge in [-0.05, 0) is 113 Å². The third-order valence-electron chi connectivity index (χ3n) is 18.9. The van der Waals surface area contributed by atoms with E-state index in [9.17, 15) is 62.6 Å². The summed E-state index contributed by atoms with van der Waals surface area (Å²) in [6.07, 6.45) is 0.962. The molecule has 2 aromatic rings. The minimum absolute atomic E-state index is 0.0276. The van der Waals surface area contributed by atoms with Crippen LogP contribution in [0.1, 0.15) is 185 Å². The van der Waals surface area contributed by atoms with Crippen LogP contribution in [0.2, 0.25) is 0 Å². The zero-order valence-electron chi connectivity index (χ0n) is 61.1. The first kappa shape index (κ1) is 82.6. The summed E-state index contributed by atoms with van der Waals surface area (Å²) >= 11 is 0. The predicted molar refractivity (Wildman–Crippen MR) is 371 cm³/mol. The number of nitrogens with zero attached hydrogens (tertiary/aromatic N) is 4. The second-order valence-corrected chi connectivity index (χ2v) is 28.8. The predicted octanol–water partition coefficient (Wildman–Crippen LogP) is 8.28. The highest BCUT2D eigenvalue weighted by Gasteiger charge is 2.43. The number of ketones is 2. The molecule has 9 amide bonds. The van der Waals surface area contributed by atoms with Gasteiger partial charge in [-0.1, -0.05) is 118 Å². The number of rotatable bonds is 38. The standard InChI is InChI=1S/C74H112N8O16/c1-19-46(8)67(60(96-18)41-64(88)81-36-23-26-57(81)47(9)48(10)69(91)76-50(12)68(90)52-24-21-20-22-25-52)79(16)72(94)55(44(4)5)40-59(84)66(45(6)7)80(17)73(95)97-42-51-27-30-54(31-28-51)77-70(92)53(29-34-65(89)98-74(13,14)15)39-58(83)49(11)75-71(93)56(38-43(2)3)78-61(85)35-37-82-62(86)32-33-63(82)87/h20-22,24-25,27-28,30-33,43-50,53,55-57,60,66-68,90H,19,23,26,29,34-42H2,1-18H3,(H,75,93)(H,76,91)(H,77,92)(H,78,85)/t46-,47+,48+,49-,50+,53+,55-,56+,57-,60+,66-,67-,68+/m0/s1. The number of nitrogens with one attached hydrogen (secondary N) is 4. The summed E-state index contributed by atoms with van der Waals surface area (Å²) in [5, 5.41) is 22.0. The van der Waals surface area contributed by atoms with Gasteiger partial charge in [0.25, 0.3) is 11.8 Å². The molecule has 544 valence electrons. The highest BCUT2D eigenvalue weighted by atomic mass is 16.6. The van der Waals surface area contributed by atoms with Gasteiger partial charge in [-0.3, -0.25) is 57.6 Å². The quantitative estimate of drug-likeness (QED) is 0.0312. The maximum absolute atomic E-state index is 14.9. The van der Waals surface area contributed by atoms with E-state index in [-0.39, 0.29) is 111 Å². The highest BCUT2D eigenvalue weighted by molar-refractivity contribution is 6.13. The van der Waals surface area contributed by atoms with Crippen LogP contribution in [0.3, 0.4) is 0 Å². The summed E-state index contributed by atoms with van der Waals surface area (Å²) in [5.74, 6) is -8.55. The summed E-state index contributed by atoms with van der Waals surface area (Å²) < 4.78 is 17.3. The molecule has 5 N–H and O–H groups in total. The van der Waals surface area contributed by atoms with E-state index in [2.05, 4.69) is 21.3 Å². The molecule has 0 bridgehead atoms. The summed E-state index contributed by atoms with van der Waals surface area (Å²) in [6.45, 7) is 27.2. The number of benzene rings is 2. The minimum Gasteiger partial charge on any atom is -0.460 e. The van der Waals surface area contributed by atoms with E-state index < -0.39 is 119 Å². The summed E-state index contributed by atoms with van der Waals surface area (Å²) in [7, 11) is 4.68. The Morgan fingerprint density at radius 1 is 0.724 bits per heavy atom. The highest BCUT2D eigenvalue weighted by Crippen LogP contribution is 2.33. The van der Waals surface area contributed by atoms with Crippen molar-refractivity contribution in [3.8, 4) is 0 Å². The molecule has 98 heavy (non-hydrogen) atoms. The number of carbonyl (C=O) groups is 12. The fourth-order valence-corrected chi connectivity index (χ4v) is 12.8. The number of anilines is 1. The lowest BCUT2D eigenvalue weighted by atomic mass is 9.83. The number of hydrogen-bond donors (Lipinski definition) is 5. The third-order valence-corrected chi connectivity index (χ3v) is 18.9. The molecular formula is C74H112N8O16. The average Bonchev–Trinajstić information content (AvgIpc) is 1.22. The van der Waals surface area contributed by atoms with Crippen LogP contribution in [0, 0.1) is 47.3 Å². The Kier molecular flexibility index (Phi) is 32.4. The van der Waals surface area contributed by atoms with E-state index in [0.717, 1.165) is 23.5 Å². The number of likely N-dealkylation sites (tertiary alicyclic amines) is 1.